The molecule has 0 aliphatic carbocycles. The summed E-state index contributed by atoms with van der Waals surface area (Å²) in [6, 6.07) is 25.4. The van der Waals surface area contributed by atoms with E-state index >= 15 is 0 Å². The lowest BCUT2D eigenvalue weighted by molar-refractivity contribution is 0.926. The van der Waals surface area contributed by atoms with Crippen molar-refractivity contribution in [2.75, 3.05) is 4.90 Å². The summed E-state index contributed by atoms with van der Waals surface area (Å²) < 4.78 is 0. The number of halogens is 1. The minimum atomic E-state index is 0.781. The Balaban J connectivity index is 1.79. The molecular weight excluding hydrogens is 290 g/mol. The van der Waals surface area contributed by atoms with Crippen molar-refractivity contribution in [3.8, 4) is 0 Å². The van der Waals surface area contributed by atoms with Crippen LogP contribution in [0.25, 0.3) is 0 Å². The lowest BCUT2D eigenvalue weighted by Crippen LogP contribution is -2.22. The first-order valence-corrected chi connectivity index (χ1v) is 7.87. The zero-order valence-electron chi connectivity index (χ0n) is 12.2. The third-order valence-electron chi connectivity index (χ3n) is 4.20. The molecule has 0 saturated carbocycles. The molecule has 0 radical (unpaired) electrons. The molecule has 0 bridgehead atoms. The SMILES string of the molecule is Clc1ccc(CN2c3ccccc3Cc3ccccc32)cc1. The largest absolute Gasteiger partial charge is 0.337 e. The van der Waals surface area contributed by atoms with Crippen LogP contribution in [0.3, 0.4) is 0 Å². The van der Waals surface area contributed by atoms with E-state index in [0.29, 0.717) is 0 Å². The van der Waals surface area contributed by atoms with Crippen molar-refractivity contribution in [2.24, 2.45) is 0 Å². The molecule has 1 aliphatic heterocycles. The van der Waals surface area contributed by atoms with Gasteiger partial charge in [-0.05, 0) is 41.0 Å². The Labute approximate surface area is 135 Å². The van der Waals surface area contributed by atoms with E-state index in [1.807, 2.05) is 12.1 Å². The van der Waals surface area contributed by atoms with E-state index in [9.17, 15) is 0 Å². The Kier molecular flexibility index (Phi) is 3.36. The van der Waals surface area contributed by atoms with Crippen LogP contribution in [0.4, 0.5) is 11.4 Å². The Morgan fingerprint density at radius 2 is 1.27 bits per heavy atom. The van der Waals surface area contributed by atoms with Gasteiger partial charge in [0.25, 0.3) is 0 Å². The molecule has 22 heavy (non-hydrogen) atoms. The molecule has 0 N–H and O–H groups in total. The number of benzene rings is 3. The minimum absolute atomic E-state index is 0.781. The highest BCUT2D eigenvalue weighted by Crippen LogP contribution is 2.39. The predicted octanol–water partition coefficient (Wildman–Crippen LogP) is 5.58. The third-order valence-corrected chi connectivity index (χ3v) is 4.45. The van der Waals surface area contributed by atoms with Gasteiger partial charge in [-0.1, -0.05) is 60.1 Å². The molecule has 0 saturated heterocycles. The van der Waals surface area contributed by atoms with Gasteiger partial charge in [0, 0.05) is 29.4 Å². The summed E-state index contributed by atoms with van der Waals surface area (Å²) >= 11 is 6.00. The van der Waals surface area contributed by atoms with Gasteiger partial charge in [-0.2, -0.15) is 0 Å². The topological polar surface area (TPSA) is 3.24 Å². The molecule has 0 spiro atoms. The van der Waals surface area contributed by atoms with Crippen molar-refractivity contribution in [1.29, 1.82) is 0 Å². The standard InChI is InChI=1S/C20H16ClN/c21-18-11-9-15(10-12-18)14-22-19-7-3-1-5-16(19)13-17-6-2-4-8-20(17)22/h1-12H,13-14H2. The number of nitrogens with zero attached hydrogens (tertiary/aromatic N) is 1. The van der Waals surface area contributed by atoms with Crippen molar-refractivity contribution >= 4 is 23.0 Å². The molecule has 0 aromatic heterocycles. The average molecular weight is 306 g/mol. The van der Waals surface area contributed by atoms with Gasteiger partial charge in [-0.3, -0.25) is 0 Å². The zero-order chi connectivity index (χ0) is 14.9. The van der Waals surface area contributed by atoms with E-state index in [1.54, 1.807) is 0 Å². The Morgan fingerprint density at radius 1 is 0.727 bits per heavy atom. The van der Waals surface area contributed by atoms with Gasteiger partial charge < -0.3 is 4.90 Å². The Hall–Kier alpha value is -2.25. The summed E-state index contributed by atoms with van der Waals surface area (Å²) in [7, 11) is 0. The van der Waals surface area contributed by atoms with Crippen LogP contribution in [0.15, 0.2) is 72.8 Å². The average Bonchev–Trinajstić information content (AvgIpc) is 2.56. The van der Waals surface area contributed by atoms with E-state index in [1.165, 1.54) is 28.1 Å². The van der Waals surface area contributed by atoms with Crippen molar-refractivity contribution in [3.63, 3.8) is 0 Å². The second-order valence-electron chi connectivity index (χ2n) is 5.65. The second kappa shape index (κ2) is 5.51. The first-order chi connectivity index (χ1) is 10.8. The molecule has 0 amide bonds. The van der Waals surface area contributed by atoms with Crippen molar-refractivity contribution in [3.05, 3.63) is 94.5 Å². The van der Waals surface area contributed by atoms with E-state index in [0.717, 1.165) is 18.0 Å². The summed E-state index contributed by atoms with van der Waals surface area (Å²) in [4.78, 5) is 2.40. The normalized spacial score (nSPS) is 12.7. The van der Waals surface area contributed by atoms with Crippen LogP contribution in [0.5, 0.6) is 0 Å². The molecule has 1 nitrogen and oxygen atoms in total. The van der Waals surface area contributed by atoms with E-state index < -0.39 is 0 Å². The smallest absolute Gasteiger partial charge is 0.0481 e. The highest BCUT2D eigenvalue weighted by Gasteiger charge is 2.21. The van der Waals surface area contributed by atoms with Crippen LogP contribution in [0.2, 0.25) is 5.02 Å². The summed E-state index contributed by atoms with van der Waals surface area (Å²) in [5, 5.41) is 0.781. The van der Waals surface area contributed by atoms with Crippen LogP contribution >= 0.6 is 11.6 Å². The third kappa shape index (κ3) is 2.38. The van der Waals surface area contributed by atoms with Gasteiger partial charge in [-0.25, -0.2) is 0 Å². The van der Waals surface area contributed by atoms with E-state index in [2.05, 4.69) is 65.6 Å². The van der Waals surface area contributed by atoms with Crippen molar-refractivity contribution in [2.45, 2.75) is 13.0 Å². The molecule has 108 valence electrons. The molecule has 1 aliphatic rings. The molecule has 3 aromatic carbocycles. The van der Waals surface area contributed by atoms with Crippen LogP contribution in [0, 0.1) is 0 Å². The van der Waals surface area contributed by atoms with Crippen LogP contribution in [0.1, 0.15) is 16.7 Å². The summed E-state index contributed by atoms with van der Waals surface area (Å²) in [5.74, 6) is 0. The minimum Gasteiger partial charge on any atom is -0.337 e. The highest BCUT2D eigenvalue weighted by atomic mass is 35.5. The molecular formula is C20H16ClN. The fraction of sp³-hybridized carbons (Fsp3) is 0.100. The zero-order valence-corrected chi connectivity index (χ0v) is 12.9. The highest BCUT2D eigenvalue weighted by molar-refractivity contribution is 6.30. The van der Waals surface area contributed by atoms with E-state index in [-0.39, 0.29) is 0 Å². The van der Waals surface area contributed by atoms with Gasteiger partial charge in [0.1, 0.15) is 0 Å². The Bertz CT molecular complexity index is 762. The Morgan fingerprint density at radius 3 is 1.86 bits per heavy atom. The number of hydrogen-bond donors (Lipinski definition) is 0. The van der Waals surface area contributed by atoms with Gasteiger partial charge in [0.2, 0.25) is 0 Å². The fourth-order valence-electron chi connectivity index (χ4n) is 3.12. The van der Waals surface area contributed by atoms with Crippen molar-refractivity contribution < 1.29 is 0 Å². The molecule has 4 rings (SSSR count). The molecule has 2 heteroatoms. The van der Waals surface area contributed by atoms with Crippen LogP contribution < -0.4 is 4.90 Å². The van der Waals surface area contributed by atoms with Gasteiger partial charge >= 0.3 is 0 Å². The predicted molar refractivity (Wildman–Crippen MR) is 93.0 cm³/mol. The van der Waals surface area contributed by atoms with Gasteiger partial charge in [-0.15, -0.1) is 0 Å². The summed E-state index contributed by atoms with van der Waals surface area (Å²) in [6.45, 7) is 0.852. The molecule has 0 unspecified atom stereocenters. The fourth-order valence-corrected chi connectivity index (χ4v) is 3.25. The second-order valence-corrected chi connectivity index (χ2v) is 6.08. The number of para-hydroxylation sites is 2. The first kappa shape index (κ1) is 13.4. The quantitative estimate of drug-likeness (QED) is 0.597. The van der Waals surface area contributed by atoms with Crippen LogP contribution in [-0.4, -0.2) is 0 Å². The maximum absolute atomic E-state index is 6.00. The lowest BCUT2D eigenvalue weighted by Gasteiger charge is -2.33. The number of fused-ring (bicyclic) bond motifs is 2. The number of rotatable bonds is 2. The lowest BCUT2D eigenvalue weighted by atomic mass is 9.95. The maximum Gasteiger partial charge on any atom is 0.0481 e. The first-order valence-electron chi connectivity index (χ1n) is 7.49. The summed E-state index contributed by atoms with van der Waals surface area (Å²) in [6.07, 6.45) is 1.00. The van der Waals surface area contributed by atoms with E-state index in [4.69, 9.17) is 11.6 Å². The maximum atomic E-state index is 6.00. The molecule has 0 fully saturated rings. The number of hydrogen-bond acceptors (Lipinski definition) is 1. The van der Waals surface area contributed by atoms with Crippen molar-refractivity contribution in [1.82, 2.24) is 0 Å². The van der Waals surface area contributed by atoms with Gasteiger partial charge in [0.15, 0.2) is 0 Å². The van der Waals surface area contributed by atoms with Crippen LogP contribution in [-0.2, 0) is 13.0 Å². The molecule has 0 atom stereocenters. The number of anilines is 2. The molecule has 1 heterocycles. The molecule has 3 aromatic rings. The summed E-state index contributed by atoms with van der Waals surface area (Å²) in [5.41, 5.74) is 6.63. The monoisotopic (exact) mass is 305 g/mol. The van der Waals surface area contributed by atoms with Gasteiger partial charge in [0.05, 0.1) is 0 Å².